The minimum Gasteiger partial charge on any atom is -0.385 e. The maximum absolute atomic E-state index is 11.8. The summed E-state index contributed by atoms with van der Waals surface area (Å²) in [5.41, 5.74) is 3.35. The van der Waals surface area contributed by atoms with Crippen LogP contribution < -0.4 is 5.32 Å². The molecule has 0 bridgehead atoms. The van der Waals surface area contributed by atoms with E-state index in [2.05, 4.69) is 31.3 Å². The Kier molecular flexibility index (Phi) is 6.60. The topological polar surface area (TPSA) is 58.6 Å². The second-order valence-electron chi connectivity index (χ2n) is 6.33. The van der Waals surface area contributed by atoms with Crippen LogP contribution in [0.25, 0.3) is 0 Å². The Balaban J connectivity index is 2.09. The molecule has 0 radical (unpaired) electrons. The summed E-state index contributed by atoms with van der Waals surface area (Å²) >= 11 is 5.57. The fourth-order valence-corrected chi connectivity index (χ4v) is 4.95. The molecular formula is C17H26N2O3S2. The Bertz CT molecular complexity index is 689. The quantitative estimate of drug-likeness (QED) is 0.613. The highest BCUT2D eigenvalue weighted by atomic mass is 32.2. The molecule has 1 aliphatic heterocycles. The maximum Gasteiger partial charge on any atom is 0.173 e. The summed E-state index contributed by atoms with van der Waals surface area (Å²) in [7, 11) is -1.29. The SMILES string of the molecule is COCCCN(C(=S)Nc1ccc(C)c(C)c1)[C@H]1CCS(=O)(=O)C1. The van der Waals surface area contributed by atoms with Crippen molar-refractivity contribution in [1.82, 2.24) is 4.90 Å². The van der Waals surface area contributed by atoms with E-state index in [1.54, 1.807) is 7.11 Å². The van der Waals surface area contributed by atoms with Crippen LogP contribution in [0, 0.1) is 13.8 Å². The Labute approximate surface area is 150 Å². The highest BCUT2D eigenvalue weighted by Crippen LogP contribution is 2.20. The van der Waals surface area contributed by atoms with Crippen LogP contribution in [0.15, 0.2) is 18.2 Å². The first-order chi connectivity index (χ1) is 11.3. The number of methoxy groups -OCH3 is 1. The maximum atomic E-state index is 11.8. The van der Waals surface area contributed by atoms with Crippen molar-refractivity contribution in [3.8, 4) is 0 Å². The van der Waals surface area contributed by atoms with Gasteiger partial charge in [0.1, 0.15) is 0 Å². The molecule has 1 N–H and O–H groups in total. The average Bonchev–Trinajstić information content (AvgIpc) is 2.87. The number of nitrogens with zero attached hydrogens (tertiary/aromatic N) is 1. The lowest BCUT2D eigenvalue weighted by Crippen LogP contribution is -2.44. The lowest BCUT2D eigenvalue weighted by atomic mass is 10.1. The number of hydrogen-bond acceptors (Lipinski definition) is 4. The highest BCUT2D eigenvalue weighted by Gasteiger charge is 2.33. The third-order valence-corrected chi connectivity index (χ3v) is 6.50. The van der Waals surface area contributed by atoms with Gasteiger partial charge < -0.3 is 15.0 Å². The molecule has 0 amide bonds. The van der Waals surface area contributed by atoms with Gasteiger partial charge in [-0.3, -0.25) is 0 Å². The van der Waals surface area contributed by atoms with Gasteiger partial charge in [0.15, 0.2) is 14.9 Å². The summed E-state index contributed by atoms with van der Waals surface area (Å²) in [4.78, 5) is 2.01. The van der Waals surface area contributed by atoms with Gasteiger partial charge in [-0.05, 0) is 62.2 Å². The fraction of sp³-hybridized carbons (Fsp3) is 0.588. The normalized spacial score (nSPS) is 19.2. The standard InChI is InChI=1S/C17H26N2O3S2/c1-13-5-6-15(11-14(13)2)18-17(23)19(8-4-9-22-3)16-7-10-24(20,21)12-16/h5-6,11,16H,4,7-10,12H2,1-3H3,(H,18,23)/t16-/m0/s1. The van der Waals surface area contributed by atoms with Crippen molar-refractivity contribution in [3.63, 3.8) is 0 Å². The Morgan fingerprint density at radius 1 is 1.38 bits per heavy atom. The average molecular weight is 371 g/mol. The second-order valence-corrected chi connectivity index (χ2v) is 8.94. The first kappa shape index (κ1) is 19.1. The van der Waals surface area contributed by atoms with Crippen LogP contribution in [-0.4, -0.2) is 56.2 Å². The molecule has 1 aromatic rings. The minimum absolute atomic E-state index is 0.0570. The zero-order chi connectivity index (χ0) is 17.7. The number of rotatable bonds is 6. The summed E-state index contributed by atoms with van der Waals surface area (Å²) in [6.45, 7) is 5.44. The van der Waals surface area contributed by atoms with Crippen molar-refractivity contribution in [2.75, 3.05) is 37.1 Å². The molecule has 134 valence electrons. The molecule has 0 spiro atoms. The van der Waals surface area contributed by atoms with Crippen molar-refractivity contribution in [2.45, 2.75) is 32.7 Å². The van der Waals surface area contributed by atoms with Crippen LogP contribution in [0.3, 0.4) is 0 Å². The van der Waals surface area contributed by atoms with E-state index in [0.717, 1.165) is 12.1 Å². The number of anilines is 1. The molecule has 5 nitrogen and oxygen atoms in total. The van der Waals surface area contributed by atoms with Crippen molar-refractivity contribution < 1.29 is 13.2 Å². The lowest BCUT2D eigenvalue weighted by Gasteiger charge is -2.31. The number of ether oxygens (including phenoxy) is 1. The summed E-state index contributed by atoms with van der Waals surface area (Å²) < 4.78 is 28.8. The number of nitrogens with one attached hydrogen (secondary N) is 1. The van der Waals surface area contributed by atoms with Crippen LogP contribution >= 0.6 is 12.2 Å². The monoisotopic (exact) mass is 370 g/mol. The van der Waals surface area contributed by atoms with Crippen LogP contribution in [0.1, 0.15) is 24.0 Å². The molecule has 1 aliphatic rings. The van der Waals surface area contributed by atoms with Crippen LogP contribution in [0.5, 0.6) is 0 Å². The van der Waals surface area contributed by atoms with E-state index in [0.29, 0.717) is 24.7 Å². The number of aryl methyl sites for hydroxylation is 2. The van der Waals surface area contributed by atoms with Gasteiger partial charge in [0, 0.05) is 32.0 Å². The Hall–Kier alpha value is -1.18. The predicted octanol–water partition coefficient (Wildman–Crippen LogP) is 2.53. The summed E-state index contributed by atoms with van der Waals surface area (Å²) in [5, 5.41) is 3.84. The van der Waals surface area contributed by atoms with Crippen molar-refractivity contribution in [3.05, 3.63) is 29.3 Å². The van der Waals surface area contributed by atoms with E-state index in [9.17, 15) is 8.42 Å². The van der Waals surface area contributed by atoms with E-state index < -0.39 is 9.84 Å². The zero-order valence-electron chi connectivity index (χ0n) is 14.5. The number of sulfone groups is 1. The first-order valence-corrected chi connectivity index (χ1v) is 10.4. The summed E-state index contributed by atoms with van der Waals surface area (Å²) in [6.07, 6.45) is 1.44. The van der Waals surface area contributed by atoms with Gasteiger partial charge in [0.2, 0.25) is 0 Å². The molecule has 1 atom stereocenters. The van der Waals surface area contributed by atoms with Crippen molar-refractivity contribution in [2.24, 2.45) is 0 Å². The van der Waals surface area contributed by atoms with Crippen molar-refractivity contribution in [1.29, 1.82) is 0 Å². The van der Waals surface area contributed by atoms with Gasteiger partial charge in [-0.25, -0.2) is 8.42 Å². The van der Waals surface area contributed by atoms with Gasteiger partial charge in [-0.1, -0.05) is 6.07 Å². The third kappa shape index (κ3) is 5.16. The lowest BCUT2D eigenvalue weighted by molar-refractivity contribution is 0.181. The molecule has 24 heavy (non-hydrogen) atoms. The molecular weight excluding hydrogens is 344 g/mol. The van der Waals surface area contributed by atoms with Gasteiger partial charge in [0.25, 0.3) is 0 Å². The molecule has 1 heterocycles. The van der Waals surface area contributed by atoms with Gasteiger partial charge in [-0.2, -0.15) is 0 Å². The molecule has 0 unspecified atom stereocenters. The smallest absolute Gasteiger partial charge is 0.173 e. The van der Waals surface area contributed by atoms with E-state index in [4.69, 9.17) is 17.0 Å². The van der Waals surface area contributed by atoms with E-state index in [1.165, 1.54) is 11.1 Å². The molecule has 0 saturated carbocycles. The van der Waals surface area contributed by atoms with E-state index >= 15 is 0 Å². The van der Waals surface area contributed by atoms with Gasteiger partial charge in [0.05, 0.1) is 11.5 Å². The van der Waals surface area contributed by atoms with E-state index in [-0.39, 0.29) is 17.5 Å². The number of benzene rings is 1. The van der Waals surface area contributed by atoms with Crippen LogP contribution in [-0.2, 0) is 14.6 Å². The molecule has 0 aliphatic carbocycles. The Morgan fingerprint density at radius 3 is 2.71 bits per heavy atom. The summed E-state index contributed by atoms with van der Waals surface area (Å²) in [6, 6.07) is 6.04. The highest BCUT2D eigenvalue weighted by molar-refractivity contribution is 7.91. The zero-order valence-corrected chi connectivity index (χ0v) is 16.2. The molecule has 2 rings (SSSR count). The van der Waals surface area contributed by atoms with Crippen molar-refractivity contribution >= 4 is 32.9 Å². The number of thiocarbonyl (C=S) groups is 1. The molecule has 7 heteroatoms. The molecule has 0 aromatic heterocycles. The van der Waals surface area contributed by atoms with E-state index in [1.807, 2.05) is 11.0 Å². The largest absolute Gasteiger partial charge is 0.385 e. The number of hydrogen-bond donors (Lipinski definition) is 1. The van der Waals surface area contributed by atoms with Gasteiger partial charge in [-0.15, -0.1) is 0 Å². The van der Waals surface area contributed by atoms with Gasteiger partial charge >= 0.3 is 0 Å². The van der Waals surface area contributed by atoms with Crippen LogP contribution in [0.2, 0.25) is 0 Å². The summed E-state index contributed by atoms with van der Waals surface area (Å²) in [5.74, 6) is 0.416. The van der Waals surface area contributed by atoms with Crippen LogP contribution in [0.4, 0.5) is 5.69 Å². The fourth-order valence-electron chi connectivity index (χ4n) is 2.86. The third-order valence-electron chi connectivity index (χ3n) is 4.42. The molecule has 1 saturated heterocycles. The minimum atomic E-state index is -2.95. The molecule has 1 fully saturated rings. The first-order valence-electron chi connectivity index (χ1n) is 8.16. The predicted molar refractivity (Wildman–Crippen MR) is 102 cm³/mol. The Morgan fingerprint density at radius 2 is 2.12 bits per heavy atom. The second kappa shape index (κ2) is 8.27. The molecule has 1 aromatic carbocycles.